The van der Waals surface area contributed by atoms with Gasteiger partial charge in [-0.3, -0.25) is 4.72 Å². The van der Waals surface area contributed by atoms with Gasteiger partial charge in [-0.25, -0.2) is 8.42 Å². The predicted octanol–water partition coefficient (Wildman–Crippen LogP) is 4.47. The highest BCUT2D eigenvalue weighted by Gasteiger charge is 2.21. The monoisotopic (exact) mass is 368 g/mol. The maximum Gasteiger partial charge on any atom is 0.263 e. The third kappa shape index (κ3) is 3.26. The lowest BCUT2D eigenvalue weighted by molar-refractivity contribution is 0.433. The first kappa shape index (κ1) is 16.0. The van der Waals surface area contributed by atoms with Crippen LogP contribution in [-0.2, 0) is 10.0 Å². The van der Waals surface area contributed by atoms with E-state index in [4.69, 9.17) is 16.1 Å². The second-order valence-corrected chi connectivity index (χ2v) is 8.29. The fraction of sp³-hybridized carbons (Fsp3) is 0.133. The fourth-order valence-electron chi connectivity index (χ4n) is 2.06. The van der Waals surface area contributed by atoms with E-state index in [1.165, 1.54) is 17.5 Å². The van der Waals surface area contributed by atoms with Gasteiger partial charge in [0.2, 0.25) is 0 Å². The van der Waals surface area contributed by atoms with Crippen LogP contribution >= 0.6 is 22.9 Å². The smallest absolute Gasteiger partial charge is 0.263 e. The van der Waals surface area contributed by atoms with Crippen molar-refractivity contribution in [3.05, 3.63) is 52.0 Å². The largest absolute Gasteiger partial charge is 0.355 e. The number of aromatic nitrogens is 1. The van der Waals surface area contributed by atoms with Gasteiger partial charge in [0, 0.05) is 16.0 Å². The van der Waals surface area contributed by atoms with Gasteiger partial charge in [0.05, 0.1) is 16.8 Å². The van der Waals surface area contributed by atoms with Gasteiger partial charge >= 0.3 is 0 Å². The van der Waals surface area contributed by atoms with Crippen LogP contribution in [0.5, 0.6) is 0 Å². The first-order valence-corrected chi connectivity index (χ1v) is 9.35. The minimum atomic E-state index is -3.70. The Morgan fingerprint density at radius 1 is 1.22 bits per heavy atom. The summed E-state index contributed by atoms with van der Waals surface area (Å²) >= 11 is 7.38. The molecule has 0 atom stereocenters. The molecule has 23 heavy (non-hydrogen) atoms. The first-order valence-electron chi connectivity index (χ1n) is 6.67. The Kier molecular flexibility index (Phi) is 4.18. The zero-order valence-electron chi connectivity index (χ0n) is 12.3. The number of hydrogen-bond acceptors (Lipinski definition) is 5. The van der Waals surface area contributed by atoms with E-state index in [1.54, 1.807) is 37.3 Å². The molecule has 0 radical (unpaired) electrons. The molecule has 5 nitrogen and oxygen atoms in total. The molecule has 0 saturated carbocycles. The molecule has 3 aromatic rings. The summed E-state index contributed by atoms with van der Waals surface area (Å²) in [5.74, 6) is 0.540. The molecule has 3 rings (SSSR count). The molecule has 0 spiro atoms. The molecule has 0 amide bonds. The van der Waals surface area contributed by atoms with Crippen LogP contribution in [-0.4, -0.2) is 13.6 Å². The minimum Gasteiger partial charge on any atom is -0.355 e. The van der Waals surface area contributed by atoms with Crippen molar-refractivity contribution in [1.29, 1.82) is 0 Å². The lowest BCUT2D eigenvalue weighted by atomic mass is 10.2. The van der Waals surface area contributed by atoms with Gasteiger partial charge < -0.3 is 4.52 Å². The van der Waals surface area contributed by atoms with Crippen molar-refractivity contribution in [2.75, 3.05) is 4.72 Å². The van der Waals surface area contributed by atoms with Crippen LogP contribution in [0.3, 0.4) is 0 Å². The van der Waals surface area contributed by atoms with Crippen molar-refractivity contribution in [3.63, 3.8) is 0 Å². The summed E-state index contributed by atoms with van der Waals surface area (Å²) in [4.78, 5) is 1.59. The standard InChI is InChI=1S/C15H13ClN2O3S2/c1-9-3-4-11(7-12(9)16)18-23(19,20)15-8-14(22-10(15)2)13-5-6-17-21-13/h3-8,18H,1-2H3. The zero-order chi connectivity index (χ0) is 16.6. The number of anilines is 1. The molecular formula is C15H13ClN2O3S2. The average molecular weight is 369 g/mol. The van der Waals surface area contributed by atoms with Crippen LogP contribution in [0, 0.1) is 13.8 Å². The van der Waals surface area contributed by atoms with Gasteiger partial charge in [0.15, 0.2) is 5.76 Å². The predicted molar refractivity (Wildman–Crippen MR) is 91.6 cm³/mol. The molecule has 2 heterocycles. The van der Waals surface area contributed by atoms with Gasteiger partial charge in [-0.1, -0.05) is 22.8 Å². The highest BCUT2D eigenvalue weighted by atomic mass is 35.5. The van der Waals surface area contributed by atoms with Gasteiger partial charge in [0.25, 0.3) is 10.0 Å². The van der Waals surface area contributed by atoms with Gasteiger partial charge in [0.1, 0.15) is 4.90 Å². The van der Waals surface area contributed by atoms with Crippen LogP contribution in [0.25, 0.3) is 10.6 Å². The molecule has 0 aliphatic carbocycles. The summed E-state index contributed by atoms with van der Waals surface area (Å²) in [6.07, 6.45) is 1.52. The van der Waals surface area contributed by atoms with Crippen LogP contribution in [0.2, 0.25) is 5.02 Å². The molecule has 0 saturated heterocycles. The Hall–Kier alpha value is -1.83. The van der Waals surface area contributed by atoms with Crippen LogP contribution in [0.4, 0.5) is 5.69 Å². The van der Waals surface area contributed by atoms with Crippen molar-refractivity contribution in [1.82, 2.24) is 5.16 Å². The molecule has 0 aliphatic rings. The minimum absolute atomic E-state index is 0.214. The highest BCUT2D eigenvalue weighted by Crippen LogP contribution is 2.34. The molecule has 2 aromatic heterocycles. The van der Waals surface area contributed by atoms with E-state index >= 15 is 0 Å². The second kappa shape index (κ2) is 5.99. The SMILES string of the molecule is Cc1ccc(NS(=O)(=O)c2cc(-c3ccno3)sc2C)cc1Cl. The summed E-state index contributed by atoms with van der Waals surface area (Å²) in [7, 11) is -3.70. The summed E-state index contributed by atoms with van der Waals surface area (Å²) in [5, 5.41) is 4.15. The van der Waals surface area contributed by atoms with E-state index in [0.29, 0.717) is 26.2 Å². The number of thiophene rings is 1. The second-order valence-electron chi connectivity index (χ2n) is 4.98. The number of nitrogens with zero attached hydrogens (tertiary/aromatic N) is 1. The van der Waals surface area contributed by atoms with Crippen LogP contribution < -0.4 is 4.72 Å². The Balaban J connectivity index is 1.95. The maximum absolute atomic E-state index is 12.6. The number of halogens is 1. The summed E-state index contributed by atoms with van der Waals surface area (Å²) < 4.78 is 32.8. The number of hydrogen-bond donors (Lipinski definition) is 1. The quantitative estimate of drug-likeness (QED) is 0.737. The van der Waals surface area contributed by atoms with Gasteiger partial charge in [-0.2, -0.15) is 0 Å². The fourth-order valence-corrected chi connectivity index (χ4v) is 4.84. The van der Waals surface area contributed by atoms with E-state index < -0.39 is 10.0 Å². The van der Waals surface area contributed by atoms with Crippen molar-refractivity contribution in [2.45, 2.75) is 18.7 Å². The topological polar surface area (TPSA) is 72.2 Å². The molecule has 0 aliphatic heterocycles. The van der Waals surface area contributed by atoms with E-state index in [-0.39, 0.29) is 4.90 Å². The number of rotatable bonds is 4. The molecule has 1 N–H and O–H groups in total. The third-order valence-corrected chi connectivity index (χ3v) is 6.38. The Morgan fingerprint density at radius 2 is 2.00 bits per heavy atom. The Morgan fingerprint density at radius 3 is 2.65 bits per heavy atom. The molecule has 1 aromatic carbocycles. The molecule has 8 heteroatoms. The molecular weight excluding hydrogens is 356 g/mol. The highest BCUT2D eigenvalue weighted by molar-refractivity contribution is 7.93. The molecule has 120 valence electrons. The van der Waals surface area contributed by atoms with Crippen molar-refractivity contribution in [3.8, 4) is 10.6 Å². The van der Waals surface area contributed by atoms with E-state index in [2.05, 4.69) is 9.88 Å². The summed E-state index contributed by atoms with van der Waals surface area (Å²) in [5.41, 5.74) is 1.31. The maximum atomic E-state index is 12.6. The lowest BCUT2D eigenvalue weighted by Gasteiger charge is -2.08. The van der Waals surface area contributed by atoms with Crippen molar-refractivity contribution >= 4 is 38.6 Å². The van der Waals surface area contributed by atoms with Crippen molar-refractivity contribution in [2.24, 2.45) is 0 Å². The van der Waals surface area contributed by atoms with E-state index in [9.17, 15) is 8.42 Å². The zero-order valence-corrected chi connectivity index (χ0v) is 14.7. The number of benzene rings is 1. The Labute approximate surface area is 142 Å². The van der Waals surface area contributed by atoms with E-state index in [1.807, 2.05) is 6.92 Å². The third-order valence-electron chi connectivity index (χ3n) is 3.27. The van der Waals surface area contributed by atoms with Crippen molar-refractivity contribution < 1.29 is 12.9 Å². The van der Waals surface area contributed by atoms with Crippen LogP contribution in [0.1, 0.15) is 10.4 Å². The molecule has 0 unspecified atom stereocenters. The lowest BCUT2D eigenvalue weighted by Crippen LogP contribution is -2.13. The van der Waals surface area contributed by atoms with Gasteiger partial charge in [-0.15, -0.1) is 11.3 Å². The average Bonchev–Trinajstić information content (AvgIpc) is 3.11. The van der Waals surface area contributed by atoms with Gasteiger partial charge in [-0.05, 0) is 37.6 Å². The number of sulfonamides is 1. The normalized spacial score (nSPS) is 11.6. The number of aryl methyl sites for hydroxylation is 2. The Bertz CT molecular complexity index is 947. The van der Waals surface area contributed by atoms with Crippen LogP contribution in [0.15, 0.2) is 45.9 Å². The molecule has 0 fully saturated rings. The summed E-state index contributed by atoms with van der Waals surface area (Å²) in [6.45, 7) is 3.61. The molecule has 0 bridgehead atoms. The number of nitrogens with one attached hydrogen (secondary N) is 1. The summed E-state index contributed by atoms with van der Waals surface area (Å²) in [6, 6.07) is 8.30. The first-order chi connectivity index (χ1) is 10.9. The van der Waals surface area contributed by atoms with E-state index in [0.717, 1.165) is 5.56 Å².